The van der Waals surface area contributed by atoms with E-state index in [-0.39, 0.29) is 30.0 Å². The van der Waals surface area contributed by atoms with E-state index in [4.69, 9.17) is 4.74 Å². The Morgan fingerprint density at radius 3 is 2.90 bits per heavy atom. The highest BCUT2D eigenvalue weighted by Gasteiger charge is 2.25. The molecule has 2 N–H and O–H groups in total. The van der Waals surface area contributed by atoms with Crippen LogP contribution < -0.4 is 20.3 Å². The van der Waals surface area contributed by atoms with Crippen molar-refractivity contribution >= 4 is 35.6 Å². The minimum absolute atomic E-state index is 0. The fraction of sp³-hybridized carbons (Fsp3) is 0.400. The lowest BCUT2D eigenvalue weighted by molar-refractivity contribution is 0.322. The highest BCUT2D eigenvalue weighted by atomic mass is 127. The predicted molar refractivity (Wildman–Crippen MR) is 121 cm³/mol. The van der Waals surface area contributed by atoms with Crippen LogP contribution in [0.3, 0.4) is 0 Å². The van der Waals surface area contributed by atoms with Crippen molar-refractivity contribution in [3.63, 3.8) is 0 Å². The number of hydrogen-bond acceptors (Lipinski definition) is 4. The Bertz CT molecular complexity index is 836. The zero-order valence-corrected chi connectivity index (χ0v) is 18.8. The summed E-state index contributed by atoms with van der Waals surface area (Å²) in [6, 6.07) is 7.60. The number of guanidine groups is 1. The highest BCUT2D eigenvalue weighted by Crippen LogP contribution is 2.24. The molecule has 1 aliphatic heterocycles. The third-order valence-electron chi connectivity index (χ3n) is 4.58. The standard InChI is InChI=1S/C20H25F2N5O.HI/c1-3-28-19-14(5-4-9-24-19)12-25-20(23-2)26-16-8-10-27(13-16)18-7-6-15(21)11-17(18)22;/h4-7,9,11,16H,3,8,10,12-13H2,1-2H3,(H2,23,25,26);1H. The summed E-state index contributed by atoms with van der Waals surface area (Å²) < 4.78 is 32.7. The van der Waals surface area contributed by atoms with Gasteiger partial charge in [0.05, 0.1) is 12.3 Å². The molecule has 0 aliphatic carbocycles. The van der Waals surface area contributed by atoms with Gasteiger partial charge in [-0.3, -0.25) is 4.99 Å². The first-order valence-corrected chi connectivity index (χ1v) is 9.34. The van der Waals surface area contributed by atoms with Crippen LogP contribution in [0.4, 0.5) is 14.5 Å². The van der Waals surface area contributed by atoms with Crippen LogP contribution in [0.25, 0.3) is 0 Å². The first-order valence-electron chi connectivity index (χ1n) is 9.34. The fourth-order valence-electron chi connectivity index (χ4n) is 3.23. The fourth-order valence-corrected chi connectivity index (χ4v) is 3.23. The molecule has 158 valence electrons. The molecule has 1 aromatic heterocycles. The Labute approximate surface area is 186 Å². The van der Waals surface area contributed by atoms with Crippen molar-refractivity contribution in [1.29, 1.82) is 0 Å². The van der Waals surface area contributed by atoms with Crippen molar-refractivity contribution < 1.29 is 13.5 Å². The van der Waals surface area contributed by atoms with E-state index in [1.165, 1.54) is 12.1 Å². The number of halogens is 3. The quantitative estimate of drug-likeness (QED) is 0.350. The van der Waals surface area contributed by atoms with Crippen LogP contribution in [0.1, 0.15) is 18.9 Å². The topological polar surface area (TPSA) is 61.8 Å². The Kier molecular flexibility index (Phi) is 8.87. The number of nitrogens with zero attached hydrogens (tertiary/aromatic N) is 3. The van der Waals surface area contributed by atoms with Crippen LogP contribution >= 0.6 is 24.0 Å². The summed E-state index contributed by atoms with van der Waals surface area (Å²) in [5.41, 5.74) is 1.36. The van der Waals surface area contributed by atoms with Gasteiger partial charge in [-0.2, -0.15) is 0 Å². The number of ether oxygens (including phenoxy) is 1. The summed E-state index contributed by atoms with van der Waals surface area (Å²) in [6.45, 7) is 4.29. The Morgan fingerprint density at radius 1 is 1.34 bits per heavy atom. The molecule has 2 aromatic rings. The number of hydrogen-bond donors (Lipinski definition) is 2. The van der Waals surface area contributed by atoms with Crippen molar-refractivity contribution in [2.45, 2.75) is 25.9 Å². The first-order chi connectivity index (χ1) is 13.6. The highest BCUT2D eigenvalue weighted by molar-refractivity contribution is 14.0. The maximum atomic E-state index is 14.0. The van der Waals surface area contributed by atoms with Gasteiger partial charge in [0, 0.05) is 50.6 Å². The number of nitrogens with one attached hydrogen (secondary N) is 2. The zero-order valence-electron chi connectivity index (χ0n) is 16.5. The normalized spacial score (nSPS) is 16.3. The van der Waals surface area contributed by atoms with Crippen molar-refractivity contribution in [1.82, 2.24) is 15.6 Å². The van der Waals surface area contributed by atoms with Gasteiger partial charge in [-0.25, -0.2) is 13.8 Å². The van der Waals surface area contributed by atoms with Crippen LogP contribution in [-0.4, -0.2) is 43.7 Å². The van der Waals surface area contributed by atoms with Crippen molar-refractivity contribution in [2.75, 3.05) is 31.6 Å². The third kappa shape index (κ3) is 6.15. The van der Waals surface area contributed by atoms with Crippen molar-refractivity contribution in [2.24, 2.45) is 4.99 Å². The molecule has 0 radical (unpaired) electrons. The summed E-state index contributed by atoms with van der Waals surface area (Å²) in [7, 11) is 1.70. The smallest absolute Gasteiger partial charge is 0.218 e. The molecule has 1 fully saturated rings. The molecule has 0 saturated carbocycles. The molecule has 9 heteroatoms. The Balaban J connectivity index is 0.00000300. The van der Waals surface area contributed by atoms with Gasteiger partial charge in [0.1, 0.15) is 11.6 Å². The van der Waals surface area contributed by atoms with Gasteiger partial charge in [0.25, 0.3) is 0 Å². The summed E-state index contributed by atoms with van der Waals surface area (Å²) >= 11 is 0. The monoisotopic (exact) mass is 517 g/mol. The van der Waals surface area contributed by atoms with E-state index in [1.54, 1.807) is 13.2 Å². The summed E-state index contributed by atoms with van der Waals surface area (Å²) in [6.07, 6.45) is 2.53. The maximum Gasteiger partial charge on any atom is 0.218 e. The van der Waals surface area contributed by atoms with Crippen LogP contribution in [0, 0.1) is 11.6 Å². The molecule has 1 atom stereocenters. The average Bonchev–Trinajstić information content (AvgIpc) is 3.14. The van der Waals surface area contributed by atoms with Gasteiger partial charge in [-0.15, -0.1) is 24.0 Å². The average molecular weight is 517 g/mol. The van der Waals surface area contributed by atoms with E-state index in [2.05, 4.69) is 20.6 Å². The lowest BCUT2D eigenvalue weighted by atomic mass is 10.2. The Hall–Kier alpha value is -2.17. The number of benzene rings is 1. The molecule has 1 aliphatic rings. The maximum absolute atomic E-state index is 14.0. The molecule has 0 amide bonds. The second-order valence-electron chi connectivity index (χ2n) is 6.50. The number of aromatic nitrogens is 1. The number of anilines is 1. The SMILES string of the molecule is CCOc1ncccc1CNC(=NC)NC1CCN(c2ccc(F)cc2F)C1.I. The van der Waals surface area contributed by atoms with E-state index in [1.807, 2.05) is 24.0 Å². The molecule has 0 spiro atoms. The number of rotatable bonds is 6. The Morgan fingerprint density at radius 2 is 2.17 bits per heavy atom. The summed E-state index contributed by atoms with van der Waals surface area (Å²) in [4.78, 5) is 10.4. The molecular formula is C20H26F2IN5O. The minimum Gasteiger partial charge on any atom is -0.478 e. The molecule has 1 unspecified atom stereocenters. The van der Waals surface area contributed by atoms with Crippen molar-refractivity contribution in [3.05, 3.63) is 53.7 Å². The minimum atomic E-state index is -0.568. The van der Waals surface area contributed by atoms with Gasteiger partial charge >= 0.3 is 0 Å². The zero-order chi connectivity index (χ0) is 19.9. The van der Waals surface area contributed by atoms with Crippen LogP contribution in [0.15, 0.2) is 41.5 Å². The van der Waals surface area contributed by atoms with E-state index in [0.717, 1.165) is 18.1 Å². The molecule has 0 bridgehead atoms. The number of aliphatic imine (C=N–C) groups is 1. The molecule has 2 heterocycles. The third-order valence-corrected chi connectivity index (χ3v) is 4.58. The van der Waals surface area contributed by atoms with Gasteiger partial charge < -0.3 is 20.3 Å². The van der Waals surface area contributed by atoms with E-state index >= 15 is 0 Å². The van der Waals surface area contributed by atoms with Gasteiger partial charge in [-0.05, 0) is 31.5 Å². The second kappa shape index (κ2) is 11.1. The molecule has 3 rings (SSSR count). The van der Waals surface area contributed by atoms with Gasteiger partial charge in [0.2, 0.25) is 5.88 Å². The molecule has 1 aromatic carbocycles. The summed E-state index contributed by atoms with van der Waals surface area (Å²) in [5.74, 6) is 0.147. The van der Waals surface area contributed by atoms with Gasteiger partial charge in [-0.1, -0.05) is 6.07 Å². The second-order valence-corrected chi connectivity index (χ2v) is 6.50. The van der Waals surface area contributed by atoms with E-state index in [9.17, 15) is 8.78 Å². The number of pyridine rings is 1. The van der Waals surface area contributed by atoms with Gasteiger partial charge in [0.15, 0.2) is 5.96 Å². The van der Waals surface area contributed by atoms with Crippen molar-refractivity contribution in [3.8, 4) is 5.88 Å². The molecular weight excluding hydrogens is 491 g/mol. The van der Waals surface area contributed by atoms with Crippen LogP contribution in [-0.2, 0) is 6.54 Å². The van der Waals surface area contributed by atoms with Crippen LogP contribution in [0.5, 0.6) is 5.88 Å². The lowest BCUT2D eigenvalue weighted by Crippen LogP contribution is -2.44. The summed E-state index contributed by atoms with van der Waals surface area (Å²) in [5, 5.41) is 6.62. The molecule has 29 heavy (non-hydrogen) atoms. The largest absolute Gasteiger partial charge is 0.478 e. The molecule has 6 nitrogen and oxygen atoms in total. The molecule has 1 saturated heterocycles. The lowest BCUT2D eigenvalue weighted by Gasteiger charge is -2.21. The van der Waals surface area contributed by atoms with E-state index in [0.29, 0.717) is 43.8 Å². The first kappa shape index (κ1) is 23.1. The van der Waals surface area contributed by atoms with E-state index < -0.39 is 11.6 Å². The van der Waals surface area contributed by atoms with Crippen LogP contribution in [0.2, 0.25) is 0 Å². The predicted octanol–water partition coefficient (Wildman–Crippen LogP) is 3.32.